The van der Waals surface area contributed by atoms with E-state index in [2.05, 4.69) is 0 Å². The molecule has 120 valence electrons. The van der Waals surface area contributed by atoms with Crippen LogP contribution in [0.1, 0.15) is 28.8 Å². The summed E-state index contributed by atoms with van der Waals surface area (Å²) in [6.45, 7) is 5.02. The molecule has 0 unspecified atom stereocenters. The lowest BCUT2D eigenvalue weighted by Crippen LogP contribution is -2.37. The number of carbonyl (C=O) groups is 2. The third-order valence-corrected chi connectivity index (χ3v) is 3.92. The predicted molar refractivity (Wildman–Crippen MR) is 84.8 cm³/mol. The van der Waals surface area contributed by atoms with Gasteiger partial charge in [-0.15, -0.1) is 0 Å². The number of aryl methyl sites for hydroxylation is 1. The second kappa shape index (κ2) is 7.94. The Morgan fingerprint density at radius 2 is 1.86 bits per heavy atom. The third-order valence-electron chi connectivity index (χ3n) is 3.92. The Balaban J connectivity index is 1.95. The second-order valence-electron chi connectivity index (χ2n) is 5.64. The maximum absolute atomic E-state index is 12.6. The molecule has 0 aromatic heterocycles. The molecule has 1 saturated heterocycles. The van der Waals surface area contributed by atoms with Crippen LogP contribution in [0.25, 0.3) is 0 Å². The number of nitrogens with zero attached hydrogens (tertiary/aromatic N) is 2. The Morgan fingerprint density at radius 3 is 2.59 bits per heavy atom. The van der Waals surface area contributed by atoms with E-state index in [0.717, 1.165) is 17.5 Å². The van der Waals surface area contributed by atoms with Crippen molar-refractivity contribution < 1.29 is 14.3 Å². The number of carbonyl (C=O) groups excluding carboxylic acids is 2. The largest absolute Gasteiger partial charge is 0.384 e. The molecule has 1 aliphatic rings. The molecule has 1 aliphatic heterocycles. The molecule has 5 nitrogen and oxygen atoms in total. The van der Waals surface area contributed by atoms with Crippen LogP contribution in [-0.2, 0) is 9.53 Å². The minimum absolute atomic E-state index is 0.0508. The van der Waals surface area contributed by atoms with Gasteiger partial charge in [0.15, 0.2) is 0 Å². The van der Waals surface area contributed by atoms with Crippen molar-refractivity contribution in [2.45, 2.75) is 19.8 Å². The van der Waals surface area contributed by atoms with Crippen LogP contribution in [0.5, 0.6) is 0 Å². The lowest BCUT2D eigenvalue weighted by atomic mass is 10.1. The van der Waals surface area contributed by atoms with Gasteiger partial charge in [0, 0.05) is 38.9 Å². The van der Waals surface area contributed by atoms with Gasteiger partial charge in [0.25, 0.3) is 5.91 Å². The molecule has 22 heavy (non-hydrogen) atoms. The number of amides is 2. The first-order valence-corrected chi connectivity index (χ1v) is 7.74. The fraction of sp³-hybridized carbons (Fsp3) is 0.529. The molecular formula is C17H24N2O3. The Kier molecular flexibility index (Phi) is 5.95. The van der Waals surface area contributed by atoms with Crippen molar-refractivity contribution in [1.29, 1.82) is 0 Å². The van der Waals surface area contributed by atoms with Gasteiger partial charge in [0.1, 0.15) is 0 Å². The lowest BCUT2D eigenvalue weighted by molar-refractivity contribution is -0.132. The molecule has 0 bridgehead atoms. The van der Waals surface area contributed by atoms with E-state index < -0.39 is 0 Å². The van der Waals surface area contributed by atoms with Crippen molar-refractivity contribution in [2.75, 3.05) is 39.9 Å². The Morgan fingerprint density at radius 1 is 1.14 bits per heavy atom. The highest BCUT2D eigenvalue weighted by Gasteiger charge is 2.22. The fourth-order valence-corrected chi connectivity index (χ4v) is 2.68. The van der Waals surface area contributed by atoms with Crippen LogP contribution in [0.2, 0.25) is 0 Å². The van der Waals surface area contributed by atoms with Crippen LogP contribution < -0.4 is 0 Å². The maximum Gasteiger partial charge on any atom is 0.253 e. The summed E-state index contributed by atoms with van der Waals surface area (Å²) in [5, 5.41) is 0. The Bertz CT molecular complexity index is 530. The highest BCUT2D eigenvalue weighted by Crippen LogP contribution is 2.11. The normalized spacial score (nSPS) is 15.5. The zero-order valence-electron chi connectivity index (χ0n) is 13.4. The van der Waals surface area contributed by atoms with E-state index in [1.54, 1.807) is 7.11 Å². The number of hydrogen-bond acceptors (Lipinski definition) is 3. The molecule has 1 aromatic rings. The molecule has 0 aliphatic carbocycles. The predicted octanol–water partition coefficient (Wildman–Crippen LogP) is 1.71. The fourth-order valence-electron chi connectivity index (χ4n) is 2.68. The van der Waals surface area contributed by atoms with Gasteiger partial charge in [-0.2, -0.15) is 0 Å². The van der Waals surface area contributed by atoms with Crippen LogP contribution in [0.15, 0.2) is 24.3 Å². The average Bonchev–Trinajstić information content (AvgIpc) is 2.78. The highest BCUT2D eigenvalue weighted by molar-refractivity contribution is 5.94. The summed E-state index contributed by atoms with van der Waals surface area (Å²) in [5.41, 5.74) is 1.80. The lowest BCUT2D eigenvalue weighted by Gasteiger charge is -2.22. The first-order chi connectivity index (χ1) is 10.6. The molecule has 0 spiro atoms. The van der Waals surface area contributed by atoms with Gasteiger partial charge in [0.05, 0.1) is 13.0 Å². The van der Waals surface area contributed by atoms with E-state index in [1.165, 1.54) is 0 Å². The van der Waals surface area contributed by atoms with Gasteiger partial charge in [-0.25, -0.2) is 0 Å². The molecule has 1 aromatic carbocycles. The van der Waals surface area contributed by atoms with Crippen LogP contribution in [0.3, 0.4) is 0 Å². The quantitative estimate of drug-likeness (QED) is 0.851. The van der Waals surface area contributed by atoms with Gasteiger partial charge in [-0.3, -0.25) is 9.59 Å². The molecule has 2 amide bonds. The van der Waals surface area contributed by atoms with Crippen molar-refractivity contribution in [3.8, 4) is 0 Å². The highest BCUT2D eigenvalue weighted by atomic mass is 16.5. The van der Waals surface area contributed by atoms with E-state index >= 15 is 0 Å². The maximum atomic E-state index is 12.6. The van der Waals surface area contributed by atoms with Crippen molar-refractivity contribution in [3.05, 3.63) is 35.4 Å². The molecule has 0 saturated carbocycles. The molecule has 0 atom stereocenters. The standard InChI is InChI=1S/C17H24N2O3/c1-14-5-3-6-15(13-14)17(21)19-9-4-8-18(10-11-19)16(20)7-12-22-2/h3,5-6,13H,4,7-12H2,1-2H3. The summed E-state index contributed by atoms with van der Waals surface area (Å²) < 4.78 is 4.95. The van der Waals surface area contributed by atoms with Crippen LogP contribution in [-0.4, -0.2) is 61.5 Å². The number of ether oxygens (including phenoxy) is 1. The number of methoxy groups -OCH3 is 1. The summed E-state index contributed by atoms with van der Waals surface area (Å²) in [4.78, 5) is 28.3. The molecule has 2 rings (SSSR count). The smallest absolute Gasteiger partial charge is 0.253 e. The first kappa shape index (κ1) is 16.5. The van der Waals surface area contributed by atoms with Crippen molar-refractivity contribution in [3.63, 3.8) is 0 Å². The number of rotatable bonds is 4. The molecule has 0 radical (unpaired) electrons. The third kappa shape index (κ3) is 4.31. The van der Waals surface area contributed by atoms with Crippen LogP contribution in [0, 0.1) is 6.92 Å². The van der Waals surface area contributed by atoms with E-state index in [0.29, 0.717) is 39.2 Å². The van der Waals surface area contributed by atoms with E-state index in [9.17, 15) is 9.59 Å². The van der Waals surface area contributed by atoms with Crippen LogP contribution in [0.4, 0.5) is 0 Å². The van der Waals surface area contributed by atoms with Gasteiger partial charge < -0.3 is 14.5 Å². The van der Waals surface area contributed by atoms with E-state index in [1.807, 2.05) is 41.0 Å². The SMILES string of the molecule is COCCC(=O)N1CCCN(C(=O)c2cccc(C)c2)CC1. The van der Waals surface area contributed by atoms with Gasteiger partial charge in [-0.05, 0) is 25.5 Å². The Labute approximate surface area is 131 Å². The zero-order valence-corrected chi connectivity index (χ0v) is 13.4. The first-order valence-electron chi connectivity index (χ1n) is 7.74. The minimum Gasteiger partial charge on any atom is -0.384 e. The topological polar surface area (TPSA) is 49.9 Å². The molecule has 0 N–H and O–H groups in total. The monoisotopic (exact) mass is 304 g/mol. The summed E-state index contributed by atoms with van der Waals surface area (Å²) in [6.07, 6.45) is 1.22. The van der Waals surface area contributed by atoms with Gasteiger partial charge in [0.2, 0.25) is 5.91 Å². The molecule has 1 heterocycles. The molecule has 5 heteroatoms. The number of hydrogen-bond donors (Lipinski definition) is 0. The zero-order chi connectivity index (χ0) is 15.9. The Hall–Kier alpha value is -1.88. The van der Waals surface area contributed by atoms with E-state index in [-0.39, 0.29) is 11.8 Å². The van der Waals surface area contributed by atoms with Gasteiger partial charge in [-0.1, -0.05) is 17.7 Å². The summed E-state index contributed by atoms with van der Waals surface area (Å²) in [5.74, 6) is 0.154. The molecule has 1 fully saturated rings. The number of benzene rings is 1. The minimum atomic E-state index is 0.0508. The summed E-state index contributed by atoms with van der Waals surface area (Å²) >= 11 is 0. The summed E-state index contributed by atoms with van der Waals surface area (Å²) in [6, 6.07) is 7.65. The van der Waals surface area contributed by atoms with E-state index in [4.69, 9.17) is 4.74 Å². The summed E-state index contributed by atoms with van der Waals surface area (Å²) in [7, 11) is 1.60. The molecular weight excluding hydrogens is 280 g/mol. The van der Waals surface area contributed by atoms with Crippen molar-refractivity contribution in [2.24, 2.45) is 0 Å². The van der Waals surface area contributed by atoms with Gasteiger partial charge >= 0.3 is 0 Å². The van der Waals surface area contributed by atoms with Crippen molar-refractivity contribution in [1.82, 2.24) is 9.80 Å². The van der Waals surface area contributed by atoms with Crippen LogP contribution >= 0.6 is 0 Å². The second-order valence-corrected chi connectivity index (χ2v) is 5.64. The van der Waals surface area contributed by atoms with Crippen molar-refractivity contribution >= 4 is 11.8 Å². The average molecular weight is 304 g/mol.